The monoisotopic (exact) mass is 244 g/mol. The van der Waals surface area contributed by atoms with Gasteiger partial charge in [-0.3, -0.25) is 0 Å². The summed E-state index contributed by atoms with van der Waals surface area (Å²) in [7, 11) is 1.66. The Morgan fingerprint density at radius 2 is 2.11 bits per heavy atom. The van der Waals surface area contributed by atoms with Crippen LogP contribution in [0.2, 0.25) is 0 Å². The van der Waals surface area contributed by atoms with Gasteiger partial charge in [-0.15, -0.1) is 0 Å². The van der Waals surface area contributed by atoms with Crippen molar-refractivity contribution >= 4 is 0 Å². The zero-order valence-corrected chi connectivity index (χ0v) is 10.3. The fourth-order valence-electron chi connectivity index (χ4n) is 2.03. The van der Waals surface area contributed by atoms with Gasteiger partial charge in [0.1, 0.15) is 5.75 Å². The lowest BCUT2D eigenvalue weighted by atomic mass is 10.00. The molecule has 2 heterocycles. The molecule has 0 spiro atoms. The summed E-state index contributed by atoms with van der Waals surface area (Å²) in [6.07, 6.45) is 2.71. The first-order chi connectivity index (χ1) is 8.85. The molecule has 1 aromatic heterocycles. The minimum Gasteiger partial charge on any atom is -0.497 e. The van der Waals surface area contributed by atoms with E-state index in [9.17, 15) is 0 Å². The number of hydrogen-bond donors (Lipinski definition) is 1. The quantitative estimate of drug-likeness (QED) is 0.894. The van der Waals surface area contributed by atoms with Crippen molar-refractivity contribution in [2.24, 2.45) is 5.92 Å². The molecule has 0 bridgehead atoms. The molecule has 1 aliphatic rings. The predicted octanol–water partition coefficient (Wildman–Crippen LogP) is 2.11. The Bertz CT molecular complexity index is 515. The molecule has 1 fully saturated rings. The summed E-state index contributed by atoms with van der Waals surface area (Å²) in [6, 6.07) is 7.81. The molecule has 18 heavy (non-hydrogen) atoms. The van der Waals surface area contributed by atoms with Crippen molar-refractivity contribution < 1.29 is 9.15 Å². The van der Waals surface area contributed by atoms with Crippen LogP contribution >= 0.6 is 0 Å². The Morgan fingerprint density at radius 1 is 1.33 bits per heavy atom. The average Bonchev–Trinajstić information content (AvgIpc) is 2.83. The standard InChI is InChI=1S/C14H16N2O2/c1-17-12-4-2-11(3-5-12)13-9-16-14(18-13)6-10-7-15-8-10/h2-5,9-10,15H,6-8H2,1H3. The second-order valence-electron chi connectivity index (χ2n) is 4.58. The molecule has 0 saturated carbocycles. The fraction of sp³-hybridized carbons (Fsp3) is 0.357. The zero-order valence-electron chi connectivity index (χ0n) is 10.3. The summed E-state index contributed by atoms with van der Waals surface area (Å²) in [5, 5.41) is 3.25. The number of benzene rings is 1. The number of rotatable bonds is 4. The van der Waals surface area contributed by atoms with Crippen LogP contribution < -0.4 is 10.1 Å². The van der Waals surface area contributed by atoms with Gasteiger partial charge >= 0.3 is 0 Å². The van der Waals surface area contributed by atoms with Crippen molar-refractivity contribution in [3.8, 4) is 17.1 Å². The molecule has 1 saturated heterocycles. The minimum atomic E-state index is 0.673. The molecule has 4 heteroatoms. The van der Waals surface area contributed by atoms with E-state index in [1.165, 1.54) is 0 Å². The van der Waals surface area contributed by atoms with Crippen LogP contribution in [0, 0.1) is 5.92 Å². The summed E-state index contributed by atoms with van der Waals surface area (Å²) in [5.74, 6) is 3.17. The second kappa shape index (κ2) is 4.82. The number of hydrogen-bond acceptors (Lipinski definition) is 4. The molecule has 0 amide bonds. The van der Waals surface area contributed by atoms with Crippen LogP contribution in [0.15, 0.2) is 34.9 Å². The van der Waals surface area contributed by atoms with E-state index in [0.29, 0.717) is 5.92 Å². The fourth-order valence-corrected chi connectivity index (χ4v) is 2.03. The maximum absolute atomic E-state index is 5.77. The SMILES string of the molecule is COc1ccc(-c2cnc(CC3CNC3)o2)cc1. The number of nitrogens with one attached hydrogen (secondary N) is 1. The van der Waals surface area contributed by atoms with Gasteiger partial charge in [0.2, 0.25) is 0 Å². The maximum Gasteiger partial charge on any atom is 0.195 e. The van der Waals surface area contributed by atoms with E-state index in [0.717, 1.165) is 42.5 Å². The third-order valence-electron chi connectivity index (χ3n) is 3.26. The van der Waals surface area contributed by atoms with E-state index < -0.39 is 0 Å². The molecule has 1 aromatic carbocycles. The summed E-state index contributed by atoms with van der Waals surface area (Å²) < 4.78 is 10.9. The van der Waals surface area contributed by atoms with E-state index in [4.69, 9.17) is 9.15 Å². The average molecular weight is 244 g/mol. The topological polar surface area (TPSA) is 47.3 Å². The van der Waals surface area contributed by atoms with Crippen molar-refractivity contribution in [3.05, 3.63) is 36.4 Å². The third kappa shape index (κ3) is 2.24. The minimum absolute atomic E-state index is 0.673. The lowest BCUT2D eigenvalue weighted by molar-refractivity contribution is 0.319. The number of nitrogens with zero attached hydrogens (tertiary/aromatic N) is 1. The van der Waals surface area contributed by atoms with Crippen molar-refractivity contribution in [2.75, 3.05) is 20.2 Å². The molecular weight excluding hydrogens is 228 g/mol. The highest BCUT2D eigenvalue weighted by Gasteiger charge is 2.19. The molecule has 0 atom stereocenters. The van der Waals surface area contributed by atoms with E-state index >= 15 is 0 Å². The van der Waals surface area contributed by atoms with Gasteiger partial charge in [0.05, 0.1) is 13.3 Å². The van der Waals surface area contributed by atoms with E-state index in [1.54, 1.807) is 13.3 Å². The lowest BCUT2D eigenvalue weighted by Gasteiger charge is -2.25. The molecule has 94 valence electrons. The van der Waals surface area contributed by atoms with Crippen LogP contribution in [0.25, 0.3) is 11.3 Å². The number of oxazole rings is 1. The van der Waals surface area contributed by atoms with E-state index in [2.05, 4.69) is 10.3 Å². The van der Waals surface area contributed by atoms with Crippen molar-refractivity contribution in [1.29, 1.82) is 0 Å². The number of ether oxygens (including phenoxy) is 1. The summed E-state index contributed by atoms with van der Waals surface area (Å²) >= 11 is 0. The summed E-state index contributed by atoms with van der Waals surface area (Å²) in [6.45, 7) is 2.14. The van der Waals surface area contributed by atoms with Crippen LogP contribution in [-0.4, -0.2) is 25.2 Å². The highest BCUT2D eigenvalue weighted by molar-refractivity contribution is 5.57. The molecule has 3 rings (SSSR count). The van der Waals surface area contributed by atoms with Crippen LogP contribution in [0.5, 0.6) is 5.75 Å². The van der Waals surface area contributed by atoms with Crippen molar-refractivity contribution in [3.63, 3.8) is 0 Å². The van der Waals surface area contributed by atoms with Gasteiger partial charge in [-0.25, -0.2) is 4.98 Å². The van der Waals surface area contributed by atoms with E-state index in [-0.39, 0.29) is 0 Å². The Kier molecular flexibility index (Phi) is 3.02. The second-order valence-corrected chi connectivity index (χ2v) is 4.58. The van der Waals surface area contributed by atoms with Crippen LogP contribution in [0.4, 0.5) is 0 Å². The van der Waals surface area contributed by atoms with Gasteiger partial charge in [-0.05, 0) is 43.3 Å². The molecule has 2 aromatic rings. The highest BCUT2D eigenvalue weighted by atomic mass is 16.5. The predicted molar refractivity (Wildman–Crippen MR) is 68.6 cm³/mol. The molecule has 1 N–H and O–H groups in total. The smallest absolute Gasteiger partial charge is 0.195 e. The van der Waals surface area contributed by atoms with Gasteiger partial charge in [0.25, 0.3) is 0 Å². The van der Waals surface area contributed by atoms with Gasteiger partial charge in [0.15, 0.2) is 11.7 Å². The van der Waals surface area contributed by atoms with Crippen molar-refractivity contribution in [2.45, 2.75) is 6.42 Å². The number of aromatic nitrogens is 1. The number of methoxy groups -OCH3 is 1. The molecule has 0 aliphatic carbocycles. The van der Waals surface area contributed by atoms with Crippen LogP contribution in [0.3, 0.4) is 0 Å². The molecule has 0 unspecified atom stereocenters. The van der Waals surface area contributed by atoms with Gasteiger partial charge in [-0.1, -0.05) is 0 Å². The molecule has 1 aliphatic heterocycles. The Morgan fingerprint density at radius 3 is 2.72 bits per heavy atom. The normalized spacial score (nSPS) is 15.4. The highest BCUT2D eigenvalue weighted by Crippen LogP contribution is 2.24. The molecule has 4 nitrogen and oxygen atoms in total. The largest absolute Gasteiger partial charge is 0.497 e. The Hall–Kier alpha value is -1.81. The first kappa shape index (κ1) is 11.3. The maximum atomic E-state index is 5.77. The molecule has 0 radical (unpaired) electrons. The van der Waals surface area contributed by atoms with Gasteiger partial charge in [0, 0.05) is 12.0 Å². The van der Waals surface area contributed by atoms with Crippen molar-refractivity contribution in [1.82, 2.24) is 10.3 Å². The first-order valence-electron chi connectivity index (χ1n) is 6.15. The Balaban J connectivity index is 1.74. The van der Waals surface area contributed by atoms with E-state index in [1.807, 2.05) is 24.3 Å². The first-order valence-corrected chi connectivity index (χ1v) is 6.15. The third-order valence-corrected chi connectivity index (χ3v) is 3.26. The van der Waals surface area contributed by atoms with Crippen LogP contribution in [0.1, 0.15) is 5.89 Å². The Labute approximate surface area is 106 Å². The lowest BCUT2D eigenvalue weighted by Crippen LogP contribution is -2.43. The van der Waals surface area contributed by atoms with Gasteiger partial charge < -0.3 is 14.5 Å². The van der Waals surface area contributed by atoms with Gasteiger partial charge in [-0.2, -0.15) is 0 Å². The van der Waals surface area contributed by atoms with Crippen LogP contribution in [-0.2, 0) is 6.42 Å². The molecular formula is C14H16N2O2. The zero-order chi connectivity index (χ0) is 12.4. The summed E-state index contributed by atoms with van der Waals surface area (Å²) in [5.41, 5.74) is 1.03. The summed E-state index contributed by atoms with van der Waals surface area (Å²) in [4.78, 5) is 4.33.